The van der Waals surface area contributed by atoms with Crippen molar-refractivity contribution in [2.45, 2.75) is 6.10 Å². The van der Waals surface area contributed by atoms with Crippen molar-refractivity contribution in [1.29, 1.82) is 0 Å². The predicted octanol–water partition coefficient (Wildman–Crippen LogP) is 0.369. The van der Waals surface area contributed by atoms with E-state index in [1.165, 1.54) is 0 Å². The minimum absolute atomic E-state index is 0.255. The van der Waals surface area contributed by atoms with Gasteiger partial charge in [-0.25, -0.2) is 5.84 Å². The third-order valence-corrected chi connectivity index (χ3v) is 2.79. The van der Waals surface area contributed by atoms with Crippen LogP contribution in [0.3, 0.4) is 0 Å². The minimum atomic E-state index is -0.653. The molecule has 1 unspecified atom stereocenters. The fourth-order valence-electron chi connectivity index (χ4n) is 1.69. The Kier molecular flexibility index (Phi) is 4.85. The van der Waals surface area contributed by atoms with E-state index in [0.29, 0.717) is 11.9 Å². The Labute approximate surface area is 123 Å². The molecule has 1 aromatic carbocycles. The summed E-state index contributed by atoms with van der Waals surface area (Å²) in [4.78, 5) is 14.2. The third-order valence-electron chi connectivity index (χ3n) is 2.79. The van der Waals surface area contributed by atoms with Gasteiger partial charge in [-0.15, -0.1) is 0 Å². The van der Waals surface area contributed by atoms with Gasteiger partial charge in [0.1, 0.15) is 0 Å². The molecule has 0 fully saturated rings. The maximum atomic E-state index is 10.1. The van der Waals surface area contributed by atoms with Crippen molar-refractivity contribution in [3.8, 4) is 0 Å². The number of benzene rings is 1. The SMILES string of the molecule is CN(C)c1nc(NN)nc(NCC(O)c2ccccc2)n1. The lowest BCUT2D eigenvalue weighted by Gasteiger charge is -2.15. The van der Waals surface area contributed by atoms with Gasteiger partial charge in [0.25, 0.3) is 0 Å². The average Bonchev–Trinajstić information content (AvgIpc) is 2.53. The molecule has 0 spiro atoms. The first-order chi connectivity index (χ1) is 10.1. The summed E-state index contributed by atoms with van der Waals surface area (Å²) in [6.07, 6.45) is -0.653. The van der Waals surface area contributed by atoms with Gasteiger partial charge in [0.15, 0.2) is 0 Å². The minimum Gasteiger partial charge on any atom is -0.387 e. The fourth-order valence-corrected chi connectivity index (χ4v) is 1.69. The van der Waals surface area contributed by atoms with Crippen molar-refractivity contribution in [2.75, 3.05) is 36.3 Å². The van der Waals surface area contributed by atoms with Gasteiger partial charge in [-0.3, -0.25) is 5.43 Å². The summed E-state index contributed by atoms with van der Waals surface area (Å²) in [5, 5.41) is 13.1. The zero-order valence-electron chi connectivity index (χ0n) is 12.0. The van der Waals surface area contributed by atoms with Crippen molar-refractivity contribution >= 4 is 17.8 Å². The van der Waals surface area contributed by atoms with Gasteiger partial charge < -0.3 is 15.3 Å². The highest BCUT2D eigenvalue weighted by atomic mass is 16.3. The van der Waals surface area contributed by atoms with Crippen molar-refractivity contribution in [3.63, 3.8) is 0 Å². The Hall–Kier alpha value is -2.45. The van der Waals surface area contributed by atoms with Crippen molar-refractivity contribution < 1.29 is 5.11 Å². The first kappa shape index (κ1) is 14.9. The summed E-state index contributed by atoms with van der Waals surface area (Å²) in [6, 6.07) is 9.37. The molecule has 0 bridgehead atoms. The molecule has 8 nitrogen and oxygen atoms in total. The molecule has 1 heterocycles. The topological polar surface area (TPSA) is 112 Å². The van der Waals surface area contributed by atoms with E-state index in [0.717, 1.165) is 5.56 Å². The highest BCUT2D eigenvalue weighted by molar-refractivity contribution is 5.42. The molecule has 112 valence electrons. The van der Waals surface area contributed by atoms with Crippen LogP contribution in [-0.4, -0.2) is 40.7 Å². The Balaban J connectivity index is 2.07. The molecule has 0 aliphatic carbocycles. The van der Waals surface area contributed by atoms with Crippen LogP contribution in [0.1, 0.15) is 11.7 Å². The summed E-state index contributed by atoms with van der Waals surface area (Å²) in [7, 11) is 3.64. The number of anilines is 3. The Bertz CT molecular complexity index is 576. The number of rotatable bonds is 6. The van der Waals surface area contributed by atoms with Crippen LogP contribution in [-0.2, 0) is 0 Å². The number of aliphatic hydroxyl groups is 1. The van der Waals surface area contributed by atoms with E-state index < -0.39 is 6.10 Å². The van der Waals surface area contributed by atoms with Crippen molar-refractivity contribution in [3.05, 3.63) is 35.9 Å². The number of nitrogens with zero attached hydrogens (tertiary/aromatic N) is 4. The van der Waals surface area contributed by atoms with E-state index in [4.69, 9.17) is 5.84 Å². The van der Waals surface area contributed by atoms with E-state index in [1.807, 2.05) is 44.4 Å². The van der Waals surface area contributed by atoms with Gasteiger partial charge in [-0.1, -0.05) is 30.3 Å². The summed E-state index contributed by atoms with van der Waals surface area (Å²) < 4.78 is 0. The number of hydrogen-bond donors (Lipinski definition) is 4. The van der Waals surface area contributed by atoms with Gasteiger partial charge >= 0.3 is 0 Å². The molecule has 0 aliphatic heterocycles. The number of nitrogens with two attached hydrogens (primary N) is 1. The van der Waals surface area contributed by atoms with E-state index in [9.17, 15) is 5.11 Å². The molecule has 0 amide bonds. The second-order valence-corrected chi connectivity index (χ2v) is 4.63. The Morgan fingerprint density at radius 1 is 1.14 bits per heavy atom. The lowest BCUT2D eigenvalue weighted by atomic mass is 10.1. The second kappa shape index (κ2) is 6.82. The number of aromatic nitrogens is 3. The molecular formula is C13H19N7O. The summed E-state index contributed by atoms with van der Waals surface area (Å²) in [5.41, 5.74) is 3.21. The van der Waals surface area contributed by atoms with Crippen LogP contribution in [0.25, 0.3) is 0 Å². The third kappa shape index (κ3) is 4.01. The van der Waals surface area contributed by atoms with Gasteiger partial charge in [0.05, 0.1) is 6.10 Å². The maximum absolute atomic E-state index is 10.1. The maximum Gasteiger partial charge on any atom is 0.243 e. The smallest absolute Gasteiger partial charge is 0.243 e. The molecule has 2 aromatic rings. The number of nitrogen functional groups attached to an aromatic ring is 1. The van der Waals surface area contributed by atoms with E-state index >= 15 is 0 Å². The van der Waals surface area contributed by atoms with Crippen LogP contribution >= 0.6 is 0 Å². The zero-order valence-corrected chi connectivity index (χ0v) is 12.0. The molecule has 0 saturated heterocycles. The van der Waals surface area contributed by atoms with Gasteiger partial charge in [0, 0.05) is 20.6 Å². The van der Waals surface area contributed by atoms with E-state index in [1.54, 1.807) is 4.90 Å². The van der Waals surface area contributed by atoms with Gasteiger partial charge in [-0.2, -0.15) is 15.0 Å². The predicted molar refractivity (Wildman–Crippen MR) is 81.9 cm³/mol. The summed E-state index contributed by atoms with van der Waals surface area (Å²) >= 11 is 0. The lowest BCUT2D eigenvalue weighted by Crippen LogP contribution is -2.20. The Morgan fingerprint density at radius 3 is 2.43 bits per heavy atom. The van der Waals surface area contributed by atoms with E-state index in [-0.39, 0.29) is 12.5 Å². The molecule has 2 rings (SSSR count). The highest BCUT2D eigenvalue weighted by Gasteiger charge is 2.10. The number of nitrogens with one attached hydrogen (secondary N) is 2. The summed E-state index contributed by atoms with van der Waals surface area (Å²) in [5.74, 6) is 6.40. The standard InChI is InChI=1S/C13H19N7O/c1-20(2)13-17-11(16-12(18-13)19-14)15-8-10(21)9-6-4-3-5-7-9/h3-7,10,21H,8,14H2,1-2H3,(H2,15,16,17,18,19). The van der Waals surface area contributed by atoms with Crippen LogP contribution in [0.5, 0.6) is 0 Å². The molecule has 8 heteroatoms. The van der Waals surface area contributed by atoms with Gasteiger partial charge in [-0.05, 0) is 5.56 Å². The largest absolute Gasteiger partial charge is 0.387 e. The molecule has 0 aliphatic rings. The normalized spacial score (nSPS) is 11.8. The van der Waals surface area contributed by atoms with Crippen LogP contribution in [0.4, 0.5) is 17.8 Å². The van der Waals surface area contributed by atoms with Crippen molar-refractivity contribution in [2.24, 2.45) is 5.84 Å². The number of aliphatic hydroxyl groups excluding tert-OH is 1. The van der Waals surface area contributed by atoms with E-state index in [2.05, 4.69) is 25.7 Å². The second-order valence-electron chi connectivity index (χ2n) is 4.63. The molecular weight excluding hydrogens is 270 g/mol. The Morgan fingerprint density at radius 2 is 1.81 bits per heavy atom. The van der Waals surface area contributed by atoms with Crippen LogP contribution in [0.15, 0.2) is 30.3 Å². The number of hydrazine groups is 1. The monoisotopic (exact) mass is 289 g/mol. The molecule has 0 saturated carbocycles. The number of hydrogen-bond acceptors (Lipinski definition) is 8. The first-order valence-corrected chi connectivity index (χ1v) is 6.47. The quantitative estimate of drug-likeness (QED) is 0.446. The summed E-state index contributed by atoms with van der Waals surface area (Å²) in [6.45, 7) is 0.283. The van der Waals surface area contributed by atoms with Crippen LogP contribution < -0.4 is 21.5 Å². The molecule has 1 atom stereocenters. The van der Waals surface area contributed by atoms with Crippen LogP contribution in [0.2, 0.25) is 0 Å². The molecule has 21 heavy (non-hydrogen) atoms. The first-order valence-electron chi connectivity index (χ1n) is 6.47. The molecule has 0 radical (unpaired) electrons. The van der Waals surface area contributed by atoms with Crippen LogP contribution in [0, 0.1) is 0 Å². The lowest BCUT2D eigenvalue weighted by molar-refractivity contribution is 0.191. The molecule has 1 aromatic heterocycles. The zero-order chi connectivity index (χ0) is 15.2. The highest BCUT2D eigenvalue weighted by Crippen LogP contribution is 2.14. The fraction of sp³-hybridized carbons (Fsp3) is 0.308. The molecule has 5 N–H and O–H groups in total. The average molecular weight is 289 g/mol. The van der Waals surface area contributed by atoms with Crippen molar-refractivity contribution in [1.82, 2.24) is 15.0 Å². The van der Waals surface area contributed by atoms with Gasteiger partial charge in [0.2, 0.25) is 17.8 Å².